The van der Waals surface area contributed by atoms with E-state index >= 15 is 0 Å². The lowest BCUT2D eigenvalue weighted by Crippen LogP contribution is -2.14. The van der Waals surface area contributed by atoms with Crippen LogP contribution in [0.2, 0.25) is 0 Å². The van der Waals surface area contributed by atoms with Crippen LogP contribution in [-0.2, 0) is 10.3 Å². The van der Waals surface area contributed by atoms with Crippen LogP contribution in [0, 0.1) is 0 Å². The fourth-order valence-electron chi connectivity index (χ4n) is 0.870. The molecule has 0 aliphatic carbocycles. The molecule has 0 bridgehead atoms. The summed E-state index contributed by atoms with van der Waals surface area (Å²) in [5.74, 6) is 0. The first kappa shape index (κ1) is 9.16. The van der Waals surface area contributed by atoms with Gasteiger partial charge in [0.2, 0.25) is 6.08 Å². The van der Waals surface area contributed by atoms with Crippen LogP contribution in [0.5, 0.6) is 0 Å². The second kappa shape index (κ2) is 3.21. The van der Waals surface area contributed by atoms with Crippen molar-refractivity contribution in [1.82, 2.24) is 10.2 Å². The van der Waals surface area contributed by atoms with E-state index in [2.05, 4.69) is 31.1 Å². The lowest BCUT2D eigenvalue weighted by Gasteiger charge is -2.15. The van der Waals surface area contributed by atoms with E-state index in [0.29, 0.717) is 0 Å². The number of halogens is 1. The Balaban J connectivity index is 3.12. The minimum atomic E-state index is -0.600. The van der Waals surface area contributed by atoms with Gasteiger partial charge in [0.25, 0.3) is 0 Å². The number of aliphatic imine (C=N–C) groups is 1. The molecule has 0 saturated heterocycles. The number of isocyanates is 1. The molecule has 1 aromatic rings. The minimum Gasteiger partial charge on any atom is -0.279 e. The topological polar surface area (TPSA) is 58.1 Å². The molecule has 64 valence electrons. The zero-order chi connectivity index (χ0) is 9.19. The van der Waals surface area contributed by atoms with Gasteiger partial charge in [-0.1, -0.05) is 0 Å². The Morgan fingerprint density at radius 3 is 2.83 bits per heavy atom. The average Bonchev–Trinajstić information content (AvgIpc) is 2.35. The minimum absolute atomic E-state index is 0.600. The number of nitrogens with zero attached hydrogens (tertiary/aromatic N) is 2. The third-order valence-corrected chi connectivity index (χ3v) is 2.13. The summed E-state index contributed by atoms with van der Waals surface area (Å²) in [7, 11) is 0. The van der Waals surface area contributed by atoms with Gasteiger partial charge in [0.1, 0.15) is 5.54 Å². The van der Waals surface area contributed by atoms with Crippen molar-refractivity contribution in [1.29, 1.82) is 0 Å². The molecule has 12 heavy (non-hydrogen) atoms. The highest BCUT2D eigenvalue weighted by Crippen LogP contribution is 2.28. The molecule has 1 rings (SSSR count). The van der Waals surface area contributed by atoms with Gasteiger partial charge >= 0.3 is 0 Å². The van der Waals surface area contributed by atoms with Crippen molar-refractivity contribution in [2.45, 2.75) is 19.4 Å². The van der Waals surface area contributed by atoms with Crippen LogP contribution >= 0.6 is 15.9 Å². The van der Waals surface area contributed by atoms with E-state index in [0.717, 1.165) is 10.2 Å². The van der Waals surface area contributed by atoms with Gasteiger partial charge in [-0.25, -0.2) is 4.79 Å². The summed E-state index contributed by atoms with van der Waals surface area (Å²) in [6, 6.07) is 0. The largest absolute Gasteiger partial charge is 0.279 e. The van der Waals surface area contributed by atoms with Gasteiger partial charge in [-0.2, -0.15) is 10.1 Å². The van der Waals surface area contributed by atoms with Crippen molar-refractivity contribution in [3.63, 3.8) is 0 Å². The van der Waals surface area contributed by atoms with Gasteiger partial charge in [0.05, 0.1) is 16.4 Å². The summed E-state index contributed by atoms with van der Waals surface area (Å²) in [4.78, 5) is 13.7. The van der Waals surface area contributed by atoms with Crippen LogP contribution in [0.1, 0.15) is 19.5 Å². The van der Waals surface area contributed by atoms with E-state index in [1.54, 1.807) is 20.0 Å². The lowest BCUT2D eigenvalue weighted by atomic mass is 10.0. The van der Waals surface area contributed by atoms with Crippen LogP contribution in [0.15, 0.2) is 15.7 Å². The predicted molar refractivity (Wildman–Crippen MR) is 47.4 cm³/mol. The number of H-pyrrole nitrogens is 1. The Morgan fingerprint density at radius 2 is 2.42 bits per heavy atom. The number of nitrogens with one attached hydrogen (secondary N) is 1. The molecule has 0 atom stereocenters. The van der Waals surface area contributed by atoms with Crippen LogP contribution in [0.4, 0.5) is 0 Å². The average molecular weight is 230 g/mol. The Bertz CT molecular complexity index is 325. The zero-order valence-corrected chi connectivity index (χ0v) is 8.34. The van der Waals surface area contributed by atoms with Crippen LogP contribution in [0.25, 0.3) is 0 Å². The maximum absolute atomic E-state index is 10.1. The van der Waals surface area contributed by atoms with Crippen molar-refractivity contribution in [3.8, 4) is 0 Å². The third-order valence-electron chi connectivity index (χ3n) is 1.53. The summed E-state index contributed by atoms with van der Waals surface area (Å²) >= 11 is 3.29. The molecule has 0 aromatic carbocycles. The Kier molecular flexibility index (Phi) is 2.45. The molecule has 0 spiro atoms. The highest BCUT2D eigenvalue weighted by molar-refractivity contribution is 9.10. The molecule has 0 amide bonds. The standard InChI is InChI=1S/C7H8BrN3O/c1-7(2,9-4-12)6-5(8)3-10-11-6/h3H,1-2H3,(H,10,11). The monoisotopic (exact) mass is 229 g/mol. The number of hydrogen-bond donors (Lipinski definition) is 1. The molecule has 0 unspecified atom stereocenters. The third kappa shape index (κ3) is 1.62. The highest BCUT2D eigenvalue weighted by Gasteiger charge is 2.23. The van der Waals surface area contributed by atoms with E-state index in [9.17, 15) is 4.79 Å². The molecule has 5 heteroatoms. The maximum Gasteiger partial charge on any atom is 0.235 e. The van der Waals surface area contributed by atoms with Crippen molar-refractivity contribution in [3.05, 3.63) is 16.4 Å². The molecule has 1 aromatic heterocycles. The van der Waals surface area contributed by atoms with E-state index in [-0.39, 0.29) is 0 Å². The van der Waals surface area contributed by atoms with Crippen molar-refractivity contribution in [2.75, 3.05) is 0 Å². The van der Waals surface area contributed by atoms with E-state index < -0.39 is 5.54 Å². The van der Waals surface area contributed by atoms with E-state index in [1.165, 1.54) is 6.08 Å². The van der Waals surface area contributed by atoms with Crippen LogP contribution in [0.3, 0.4) is 0 Å². The van der Waals surface area contributed by atoms with Gasteiger partial charge in [-0.15, -0.1) is 0 Å². The van der Waals surface area contributed by atoms with Gasteiger partial charge in [0, 0.05) is 0 Å². The van der Waals surface area contributed by atoms with Crippen molar-refractivity contribution < 1.29 is 4.79 Å². The first-order valence-electron chi connectivity index (χ1n) is 3.36. The maximum atomic E-state index is 10.1. The normalized spacial score (nSPS) is 10.9. The molecule has 0 fully saturated rings. The molecule has 0 aliphatic rings. The van der Waals surface area contributed by atoms with E-state index in [1.807, 2.05) is 0 Å². The molecule has 1 heterocycles. The molecule has 4 nitrogen and oxygen atoms in total. The van der Waals surface area contributed by atoms with E-state index in [4.69, 9.17) is 0 Å². The van der Waals surface area contributed by atoms with Crippen LogP contribution < -0.4 is 0 Å². The highest BCUT2D eigenvalue weighted by atomic mass is 79.9. The first-order valence-corrected chi connectivity index (χ1v) is 4.15. The number of aromatic nitrogens is 2. The zero-order valence-electron chi connectivity index (χ0n) is 6.76. The molecule has 0 aliphatic heterocycles. The number of aromatic amines is 1. The van der Waals surface area contributed by atoms with Gasteiger partial charge < -0.3 is 0 Å². The van der Waals surface area contributed by atoms with Crippen LogP contribution in [-0.4, -0.2) is 16.3 Å². The summed E-state index contributed by atoms with van der Waals surface area (Å²) in [5.41, 5.74) is 0.169. The molecule has 0 saturated carbocycles. The van der Waals surface area contributed by atoms with Crippen molar-refractivity contribution >= 4 is 22.0 Å². The SMILES string of the molecule is CC(C)(N=C=O)c1[nH]ncc1Br. The Morgan fingerprint density at radius 1 is 1.75 bits per heavy atom. The first-order chi connectivity index (χ1) is 5.58. The Labute approximate surface area is 78.2 Å². The number of carbonyl (C=O) groups excluding carboxylic acids is 1. The van der Waals surface area contributed by atoms with Crippen molar-refractivity contribution in [2.24, 2.45) is 4.99 Å². The molecule has 1 N–H and O–H groups in total. The fraction of sp³-hybridized carbons (Fsp3) is 0.429. The summed E-state index contributed by atoms with van der Waals surface area (Å²) in [5, 5.41) is 6.57. The quantitative estimate of drug-likeness (QED) is 0.621. The molecular formula is C7H8BrN3O. The number of hydrogen-bond acceptors (Lipinski definition) is 3. The fourth-order valence-corrected chi connectivity index (χ4v) is 1.55. The molecule has 0 radical (unpaired) electrons. The summed E-state index contributed by atoms with van der Waals surface area (Å²) < 4.78 is 0.812. The predicted octanol–water partition coefficient (Wildman–Crippen LogP) is 1.74. The molecular weight excluding hydrogens is 222 g/mol. The smallest absolute Gasteiger partial charge is 0.235 e. The van der Waals surface area contributed by atoms with Gasteiger partial charge in [-0.05, 0) is 29.8 Å². The lowest BCUT2D eigenvalue weighted by molar-refractivity contribution is 0.510. The van der Waals surface area contributed by atoms with Gasteiger partial charge in [-0.3, -0.25) is 5.10 Å². The number of rotatable bonds is 2. The summed E-state index contributed by atoms with van der Waals surface area (Å²) in [6.45, 7) is 3.60. The Hall–Kier alpha value is -0.930. The van der Waals surface area contributed by atoms with Gasteiger partial charge in [0.15, 0.2) is 0 Å². The second-order valence-corrected chi connectivity index (χ2v) is 3.71. The summed E-state index contributed by atoms with van der Waals surface area (Å²) in [6.07, 6.45) is 3.15. The second-order valence-electron chi connectivity index (χ2n) is 2.86.